The van der Waals surface area contributed by atoms with Gasteiger partial charge < -0.3 is 0 Å². The molecule has 2 unspecified atom stereocenters. The summed E-state index contributed by atoms with van der Waals surface area (Å²) in [5.74, 6) is -4.16. The van der Waals surface area contributed by atoms with Gasteiger partial charge in [0.05, 0.1) is 57.5 Å². The molecule has 0 amide bonds. The van der Waals surface area contributed by atoms with Crippen LogP contribution in [0.15, 0.2) is 94.7 Å². The topological polar surface area (TPSA) is 144 Å². The van der Waals surface area contributed by atoms with E-state index >= 15 is 26.3 Å². The van der Waals surface area contributed by atoms with Crippen LogP contribution in [-0.2, 0) is 46.2 Å². The van der Waals surface area contributed by atoms with Gasteiger partial charge in [-0.15, -0.1) is 0 Å². The maximum atomic E-state index is 15.1. The van der Waals surface area contributed by atoms with Crippen molar-refractivity contribution >= 4 is 20.2 Å². The van der Waals surface area contributed by atoms with Crippen LogP contribution in [0.3, 0.4) is 0 Å². The molecule has 18 heteroatoms. The lowest BCUT2D eigenvalue weighted by atomic mass is 9.91. The zero-order valence-corrected chi connectivity index (χ0v) is 35.6. The molecule has 0 fully saturated rings. The number of benzene rings is 4. The number of hydrogen-bond donors (Lipinski definition) is 2. The van der Waals surface area contributed by atoms with Crippen LogP contribution in [0.2, 0.25) is 0 Å². The molecule has 2 heterocycles. The van der Waals surface area contributed by atoms with Gasteiger partial charge in [0.25, 0.3) is 20.2 Å². The van der Waals surface area contributed by atoms with Crippen LogP contribution in [0, 0.1) is 13.8 Å². The zero-order valence-electron chi connectivity index (χ0n) is 34.0. The summed E-state index contributed by atoms with van der Waals surface area (Å²) < 4.78 is 161. The molecule has 4 aromatic carbocycles. The average molecular weight is 913 g/mol. The first-order valence-electron chi connectivity index (χ1n) is 20.2. The zero-order chi connectivity index (χ0) is 45.2. The number of fused-ring (bicyclic) bond motifs is 6. The Hall–Kier alpha value is -5.30. The highest BCUT2D eigenvalue weighted by atomic mass is 32.2. The van der Waals surface area contributed by atoms with Gasteiger partial charge in [-0.1, -0.05) is 91.1 Å². The van der Waals surface area contributed by atoms with Gasteiger partial charge in [-0.25, -0.2) is 0 Å². The third-order valence-corrected chi connectivity index (χ3v) is 13.7. The van der Waals surface area contributed by atoms with E-state index in [1.165, 1.54) is 45.8 Å². The minimum Gasteiger partial charge on any atom is -0.282 e. The van der Waals surface area contributed by atoms with Gasteiger partial charge >= 0.3 is 12.4 Å². The Morgan fingerprint density at radius 1 is 0.571 bits per heavy atom. The number of nitrogens with zero attached hydrogens (tertiary/aromatic N) is 4. The Morgan fingerprint density at radius 2 is 0.937 bits per heavy atom. The monoisotopic (exact) mass is 912 g/mol. The summed E-state index contributed by atoms with van der Waals surface area (Å²) in [6, 6.07) is 22.4. The fraction of sp³-hybridized carbons (Fsp3) is 0.333. The second kappa shape index (κ2) is 16.4. The van der Waals surface area contributed by atoms with E-state index in [1.807, 2.05) is 62.4 Å². The Balaban J connectivity index is 1.06. The van der Waals surface area contributed by atoms with Crippen molar-refractivity contribution in [2.75, 3.05) is 0 Å². The predicted molar refractivity (Wildman–Crippen MR) is 222 cm³/mol. The highest BCUT2D eigenvalue weighted by molar-refractivity contribution is 7.86. The van der Waals surface area contributed by atoms with Crippen LogP contribution >= 0.6 is 0 Å². The predicted octanol–water partition coefficient (Wildman–Crippen LogP) is 10.4. The van der Waals surface area contributed by atoms with Crippen LogP contribution in [0.1, 0.15) is 99.8 Å². The van der Waals surface area contributed by atoms with E-state index in [9.17, 15) is 25.9 Å². The standard InChI is InChI=1S/C45H42F6N4O6S2/c1-26-8-12-28(13-9-26)24-54-42-34-22-32(62(56,57)58)18-16-30(34)20-36(42)40(52-54)38(44(46,47)48)6-4-3-5-7-39(45(49,50)51)41-37-21-31-17-19-33(63(59,60)61)23-35(31)43(37)55(53-41)25-29-14-10-27(2)11-15-29/h8-19,22-23,38-39H,3-7,20-21,24-25H2,1-2H3,(H,56,57,58)(H,59,60,61). The van der Waals surface area contributed by atoms with E-state index in [2.05, 4.69) is 10.2 Å². The van der Waals surface area contributed by atoms with Crippen molar-refractivity contribution in [1.29, 1.82) is 0 Å². The smallest absolute Gasteiger partial charge is 0.282 e. The first-order chi connectivity index (χ1) is 29.6. The van der Waals surface area contributed by atoms with Gasteiger partial charge in [0, 0.05) is 35.1 Å². The minimum atomic E-state index is -4.78. The largest absolute Gasteiger partial charge is 0.397 e. The lowest BCUT2D eigenvalue weighted by Crippen LogP contribution is -2.23. The second-order valence-corrected chi connectivity index (χ2v) is 19.3. The van der Waals surface area contributed by atoms with Gasteiger partial charge in [0.1, 0.15) is 0 Å². The summed E-state index contributed by atoms with van der Waals surface area (Å²) in [6.07, 6.45) is -10.6. The average Bonchev–Trinajstić information content (AvgIpc) is 3.94. The van der Waals surface area contributed by atoms with Gasteiger partial charge in [-0.2, -0.15) is 53.4 Å². The van der Waals surface area contributed by atoms with Crippen molar-refractivity contribution in [3.63, 3.8) is 0 Å². The number of aryl methyl sites for hydroxylation is 2. The fourth-order valence-corrected chi connectivity index (χ4v) is 9.87. The Bertz CT molecular complexity index is 2740. The van der Waals surface area contributed by atoms with Crippen LogP contribution in [0.4, 0.5) is 26.3 Å². The van der Waals surface area contributed by atoms with Gasteiger partial charge in [-0.3, -0.25) is 18.5 Å². The lowest BCUT2D eigenvalue weighted by Gasteiger charge is -2.21. The number of alkyl halides is 6. The molecule has 332 valence electrons. The van der Waals surface area contributed by atoms with E-state index in [4.69, 9.17) is 0 Å². The molecule has 2 aromatic heterocycles. The normalized spacial score (nSPS) is 14.6. The molecule has 0 saturated heterocycles. The maximum Gasteiger partial charge on any atom is 0.397 e. The molecule has 10 nitrogen and oxygen atoms in total. The van der Waals surface area contributed by atoms with Crippen LogP contribution in [0.5, 0.6) is 0 Å². The molecule has 8 rings (SSSR count). The lowest BCUT2D eigenvalue weighted by molar-refractivity contribution is -0.153. The van der Waals surface area contributed by atoms with Crippen molar-refractivity contribution in [2.45, 2.75) is 106 Å². The summed E-state index contributed by atoms with van der Waals surface area (Å²) in [6.45, 7) is 3.91. The van der Waals surface area contributed by atoms with Crippen molar-refractivity contribution in [2.24, 2.45) is 0 Å². The SMILES string of the molecule is Cc1ccc(Cn2nc(C(CCCCCC(c3nn(Cc4ccc(C)cc4)c4c3Cc3ccc(S(=O)(=O)O)cc3-4)C(F)(F)F)C(F)(F)F)c3c2-c2cc(S(=O)(=O)O)ccc2C3)cc1. The van der Waals surface area contributed by atoms with Gasteiger partial charge in [0.2, 0.25) is 0 Å². The third kappa shape index (κ3) is 9.08. The molecule has 0 bridgehead atoms. The third-order valence-electron chi connectivity index (χ3n) is 12.0. The van der Waals surface area contributed by atoms with Crippen molar-refractivity contribution in [1.82, 2.24) is 19.6 Å². The molecule has 0 radical (unpaired) electrons. The van der Waals surface area contributed by atoms with E-state index < -0.39 is 67.1 Å². The summed E-state index contributed by atoms with van der Waals surface area (Å²) in [5.41, 5.74) is 5.84. The molecule has 2 N–H and O–H groups in total. The Morgan fingerprint density at radius 3 is 1.27 bits per heavy atom. The number of aromatic nitrogens is 4. The van der Waals surface area contributed by atoms with Crippen molar-refractivity contribution < 1.29 is 52.3 Å². The summed E-state index contributed by atoms with van der Waals surface area (Å²) >= 11 is 0. The molecular weight excluding hydrogens is 871 g/mol. The summed E-state index contributed by atoms with van der Waals surface area (Å²) in [4.78, 5) is -0.829. The number of halogens is 6. The molecule has 2 aliphatic rings. The molecule has 0 spiro atoms. The van der Waals surface area contributed by atoms with Crippen LogP contribution < -0.4 is 0 Å². The first kappa shape index (κ1) is 44.3. The van der Waals surface area contributed by atoms with E-state index in [-0.39, 0.29) is 67.7 Å². The quantitative estimate of drug-likeness (QED) is 0.0623. The molecule has 6 aromatic rings. The number of hydrogen-bond acceptors (Lipinski definition) is 6. The van der Waals surface area contributed by atoms with Crippen LogP contribution in [-0.4, -0.2) is 57.9 Å². The van der Waals surface area contributed by atoms with Gasteiger partial charge in [-0.05, 0) is 73.2 Å². The molecule has 0 aliphatic heterocycles. The molecule has 0 saturated carbocycles. The van der Waals surface area contributed by atoms with E-state index in [0.29, 0.717) is 33.6 Å². The van der Waals surface area contributed by atoms with Crippen molar-refractivity contribution in [3.05, 3.63) is 141 Å². The van der Waals surface area contributed by atoms with Gasteiger partial charge in [0.15, 0.2) is 0 Å². The first-order valence-corrected chi connectivity index (χ1v) is 23.1. The second-order valence-electron chi connectivity index (χ2n) is 16.5. The summed E-state index contributed by atoms with van der Waals surface area (Å²) in [5, 5.41) is 8.98. The van der Waals surface area contributed by atoms with Crippen molar-refractivity contribution in [3.8, 4) is 22.5 Å². The number of rotatable bonds is 14. The summed E-state index contributed by atoms with van der Waals surface area (Å²) in [7, 11) is -9.27. The fourth-order valence-electron chi connectivity index (χ4n) is 8.86. The molecular formula is C45H42F6N4O6S2. The Labute approximate surface area is 360 Å². The van der Waals surface area contributed by atoms with Crippen LogP contribution in [0.25, 0.3) is 22.5 Å². The molecule has 2 aliphatic carbocycles. The highest BCUT2D eigenvalue weighted by Crippen LogP contribution is 2.49. The highest BCUT2D eigenvalue weighted by Gasteiger charge is 2.47. The number of unbranched alkanes of at least 4 members (excludes halogenated alkanes) is 2. The Kier molecular flexibility index (Phi) is 11.5. The molecule has 63 heavy (non-hydrogen) atoms. The van der Waals surface area contributed by atoms with E-state index in [0.717, 1.165) is 22.3 Å². The minimum absolute atomic E-state index is 0.0214. The van der Waals surface area contributed by atoms with E-state index in [1.54, 1.807) is 0 Å². The maximum absolute atomic E-state index is 15.1. The molecule has 2 atom stereocenters.